The molecule has 0 aliphatic rings. The van der Waals surface area contributed by atoms with Crippen molar-refractivity contribution in [2.75, 3.05) is 0 Å². The van der Waals surface area contributed by atoms with Crippen molar-refractivity contribution in [2.24, 2.45) is 0 Å². The summed E-state index contributed by atoms with van der Waals surface area (Å²) in [5, 5.41) is 13.0. The lowest BCUT2D eigenvalue weighted by Crippen LogP contribution is -1.95. The summed E-state index contributed by atoms with van der Waals surface area (Å²) in [6.45, 7) is 0. The molecule has 0 aliphatic heterocycles. The summed E-state index contributed by atoms with van der Waals surface area (Å²) in [5.74, 6) is -1.51. The molecule has 0 saturated heterocycles. The number of carboxylic acid groups (broad SMARTS) is 1. The van der Waals surface area contributed by atoms with Crippen LogP contribution in [-0.4, -0.2) is 25.7 Å². The Morgan fingerprint density at radius 2 is 2.00 bits per heavy atom. The minimum atomic E-state index is -1.13. The van der Waals surface area contributed by atoms with Crippen LogP contribution < -0.4 is 0 Å². The minimum Gasteiger partial charge on any atom is -0.476 e. The predicted octanol–water partition coefficient (Wildman–Crippen LogP) is 2.23. The van der Waals surface area contributed by atoms with E-state index in [2.05, 4.69) is 10.1 Å². The van der Waals surface area contributed by atoms with Gasteiger partial charge in [0.25, 0.3) is 0 Å². The van der Waals surface area contributed by atoms with Crippen LogP contribution in [0.25, 0.3) is 16.9 Å². The van der Waals surface area contributed by atoms with Gasteiger partial charge >= 0.3 is 5.97 Å². The molecule has 0 amide bonds. The number of fused-ring (bicyclic) bond motifs is 1. The van der Waals surface area contributed by atoms with Gasteiger partial charge in [0.1, 0.15) is 5.82 Å². The van der Waals surface area contributed by atoms with Crippen molar-refractivity contribution >= 4 is 11.6 Å². The first-order valence-electron chi connectivity index (χ1n) is 5.50. The van der Waals surface area contributed by atoms with Crippen LogP contribution in [0.3, 0.4) is 0 Å². The van der Waals surface area contributed by atoms with Gasteiger partial charge in [0.05, 0.1) is 11.9 Å². The molecular formula is C13H8FN3O2. The second-order valence-corrected chi connectivity index (χ2v) is 3.93. The highest BCUT2D eigenvalue weighted by molar-refractivity contribution is 5.86. The van der Waals surface area contributed by atoms with E-state index in [0.717, 1.165) is 0 Å². The van der Waals surface area contributed by atoms with Crippen molar-refractivity contribution in [3.63, 3.8) is 0 Å². The quantitative estimate of drug-likeness (QED) is 0.764. The van der Waals surface area contributed by atoms with Crippen molar-refractivity contribution < 1.29 is 14.3 Å². The molecule has 0 saturated carbocycles. The molecule has 3 aromatic rings. The number of hydrogen-bond donors (Lipinski definition) is 1. The summed E-state index contributed by atoms with van der Waals surface area (Å²) in [4.78, 5) is 14.7. The molecule has 1 N–H and O–H groups in total. The summed E-state index contributed by atoms with van der Waals surface area (Å²) >= 11 is 0. The largest absolute Gasteiger partial charge is 0.476 e. The third kappa shape index (κ3) is 1.93. The molecule has 0 spiro atoms. The van der Waals surface area contributed by atoms with E-state index in [9.17, 15) is 9.18 Å². The zero-order chi connectivity index (χ0) is 13.4. The fourth-order valence-electron chi connectivity index (χ4n) is 1.80. The van der Waals surface area contributed by atoms with E-state index in [1.807, 2.05) is 0 Å². The van der Waals surface area contributed by atoms with Crippen molar-refractivity contribution in [1.29, 1.82) is 0 Å². The number of hydrogen-bond acceptors (Lipinski definition) is 3. The summed E-state index contributed by atoms with van der Waals surface area (Å²) in [5.41, 5.74) is 1.07. The van der Waals surface area contributed by atoms with E-state index in [-0.39, 0.29) is 11.5 Å². The van der Waals surface area contributed by atoms with E-state index in [1.165, 1.54) is 16.8 Å². The topological polar surface area (TPSA) is 67.5 Å². The maximum atomic E-state index is 13.6. The molecule has 0 unspecified atom stereocenters. The Balaban J connectivity index is 2.16. The smallest absolute Gasteiger partial charge is 0.356 e. The number of halogens is 1. The molecule has 3 rings (SSSR count). The summed E-state index contributed by atoms with van der Waals surface area (Å²) in [6, 6.07) is 9.46. The van der Waals surface area contributed by atoms with Crippen LogP contribution in [0.1, 0.15) is 10.5 Å². The highest BCUT2D eigenvalue weighted by Crippen LogP contribution is 2.20. The molecule has 5 nitrogen and oxygen atoms in total. The predicted molar refractivity (Wildman–Crippen MR) is 65.3 cm³/mol. The SMILES string of the molecule is O=C(O)c1cn2nc(-c3ccccc3F)ccc2n1. The zero-order valence-electron chi connectivity index (χ0n) is 9.62. The van der Waals surface area contributed by atoms with Crippen molar-refractivity contribution in [3.05, 3.63) is 54.1 Å². The third-order valence-corrected chi connectivity index (χ3v) is 2.69. The third-order valence-electron chi connectivity index (χ3n) is 2.69. The molecule has 0 fully saturated rings. The van der Waals surface area contributed by atoms with Gasteiger partial charge in [-0.1, -0.05) is 12.1 Å². The lowest BCUT2D eigenvalue weighted by atomic mass is 10.1. The van der Waals surface area contributed by atoms with Crippen LogP contribution in [0.2, 0.25) is 0 Å². The van der Waals surface area contributed by atoms with Crippen molar-refractivity contribution in [1.82, 2.24) is 14.6 Å². The number of imidazole rings is 1. The number of nitrogens with zero attached hydrogens (tertiary/aromatic N) is 3. The van der Waals surface area contributed by atoms with Gasteiger partial charge in [-0.2, -0.15) is 5.10 Å². The normalized spacial score (nSPS) is 10.8. The second-order valence-electron chi connectivity index (χ2n) is 3.93. The fourth-order valence-corrected chi connectivity index (χ4v) is 1.80. The number of carbonyl (C=O) groups is 1. The van der Waals surface area contributed by atoms with Crippen LogP contribution in [-0.2, 0) is 0 Å². The molecule has 94 valence electrons. The molecule has 0 bridgehead atoms. The Morgan fingerprint density at radius 1 is 1.21 bits per heavy atom. The van der Waals surface area contributed by atoms with Gasteiger partial charge in [0.2, 0.25) is 0 Å². The number of rotatable bonds is 2. The number of aromatic nitrogens is 3. The standard InChI is InChI=1S/C13H8FN3O2/c14-9-4-2-1-3-8(9)10-5-6-12-15-11(13(18)19)7-17(12)16-10/h1-7H,(H,18,19). The van der Waals surface area contributed by atoms with Gasteiger partial charge in [-0.15, -0.1) is 0 Å². The molecule has 2 aromatic heterocycles. The maximum absolute atomic E-state index is 13.6. The highest BCUT2D eigenvalue weighted by atomic mass is 19.1. The van der Waals surface area contributed by atoms with E-state index in [1.54, 1.807) is 30.3 Å². The fraction of sp³-hybridized carbons (Fsp3) is 0. The van der Waals surface area contributed by atoms with Crippen molar-refractivity contribution in [3.8, 4) is 11.3 Å². The molecule has 0 aliphatic carbocycles. The Morgan fingerprint density at radius 3 is 2.74 bits per heavy atom. The van der Waals surface area contributed by atoms with Gasteiger partial charge < -0.3 is 5.11 Å². The Kier molecular flexibility index (Phi) is 2.49. The molecule has 0 radical (unpaired) electrons. The summed E-state index contributed by atoms with van der Waals surface area (Å²) in [7, 11) is 0. The van der Waals surface area contributed by atoms with Gasteiger partial charge in [-0.25, -0.2) is 18.7 Å². The number of aromatic carboxylic acids is 1. The lowest BCUT2D eigenvalue weighted by Gasteiger charge is -2.02. The number of carboxylic acids is 1. The summed E-state index contributed by atoms with van der Waals surface area (Å²) < 4.78 is 15.0. The zero-order valence-corrected chi connectivity index (χ0v) is 9.62. The van der Waals surface area contributed by atoms with E-state index < -0.39 is 5.97 Å². The van der Waals surface area contributed by atoms with Crippen LogP contribution in [0.5, 0.6) is 0 Å². The lowest BCUT2D eigenvalue weighted by molar-refractivity contribution is 0.0691. The van der Waals surface area contributed by atoms with Crippen molar-refractivity contribution in [2.45, 2.75) is 0 Å². The molecule has 19 heavy (non-hydrogen) atoms. The van der Waals surface area contributed by atoms with E-state index >= 15 is 0 Å². The molecule has 6 heteroatoms. The van der Waals surface area contributed by atoms with Crippen LogP contribution in [0.15, 0.2) is 42.6 Å². The minimum absolute atomic E-state index is 0.0989. The highest BCUT2D eigenvalue weighted by Gasteiger charge is 2.11. The first kappa shape index (κ1) is 11.3. The van der Waals surface area contributed by atoms with Gasteiger partial charge in [-0.05, 0) is 24.3 Å². The molecule has 0 atom stereocenters. The van der Waals surface area contributed by atoms with Crippen LogP contribution in [0, 0.1) is 5.82 Å². The maximum Gasteiger partial charge on any atom is 0.356 e. The van der Waals surface area contributed by atoms with E-state index in [4.69, 9.17) is 5.11 Å². The van der Waals surface area contributed by atoms with Gasteiger partial charge in [0, 0.05) is 5.56 Å². The molecule has 1 aromatic carbocycles. The van der Waals surface area contributed by atoms with E-state index in [0.29, 0.717) is 16.9 Å². The van der Waals surface area contributed by atoms with Crippen LogP contribution in [0.4, 0.5) is 4.39 Å². The first-order chi connectivity index (χ1) is 9.15. The Bertz CT molecular complexity index is 782. The average molecular weight is 257 g/mol. The average Bonchev–Trinajstić information content (AvgIpc) is 2.82. The molecular weight excluding hydrogens is 249 g/mol. The van der Waals surface area contributed by atoms with Gasteiger partial charge in [0.15, 0.2) is 11.3 Å². The first-order valence-corrected chi connectivity index (χ1v) is 5.50. The second kappa shape index (κ2) is 4.16. The molecule has 2 heterocycles. The summed E-state index contributed by atoms with van der Waals surface area (Å²) in [6.07, 6.45) is 1.29. The monoisotopic (exact) mass is 257 g/mol. The van der Waals surface area contributed by atoms with Crippen LogP contribution >= 0.6 is 0 Å². The Hall–Kier alpha value is -2.76. The van der Waals surface area contributed by atoms with Gasteiger partial charge in [-0.3, -0.25) is 0 Å². The Labute approximate surface area is 107 Å². The number of benzene rings is 1.